The minimum absolute atomic E-state index is 0.177. The zero-order valence-corrected chi connectivity index (χ0v) is 17.2. The van der Waals surface area contributed by atoms with Crippen LogP contribution in [0.3, 0.4) is 0 Å². The SMILES string of the molecule is CCNC(=O)c1cc(B2OC(C)(C)C(C)(C)O2)ccc1OCc1ccccc1. The molecule has 1 heterocycles. The third-order valence-electron chi connectivity index (χ3n) is 5.35. The molecule has 1 aliphatic heterocycles. The lowest BCUT2D eigenvalue weighted by Gasteiger charge is -2.32. The predicted molar refractivity (Wildman–Crippen MR) is 111 cm³/mol. The first-order valence-corrected chi connectivity index (χ1v) is 9.68. The van der Waals surface area contributed by atoms with E-state index in [0.29, 0.717) is 24.5 Å². The van der Waals surface area contributed by atoms with E-state index in [-0.39, 0.29) is 5.91 Å². The molecule has 1 N–H and O–H groups in total. The van der Waals surface area contributed by atoms with Gasteiger partial charge in [-0.05, 0) is 57.8 Å². The molecular formula is C22H28BNO4. The van der Waals surface area contributed by atoms with Crippen LogP contribution in [0.25, 0.3) is 0 Å². The van der Waals surface area contributed by atoms with Crippen molar-refractivity contribution in [1.29, 1.82) is 0 Å². The summed E-state index contributed by atoms with van der Waals surface area (Å²) in [5.41, 5.74) is 1.44. The van der Waals surface area contributed by atoms with Gasteiger partial charge in [-0.15, -0.1) is 0 Å². The summed E-state index contributed by atoms with van der Waals surface area (Å²) in [6.45, 7) is 10.9. The largest absolute Gasteiger partial charge is 0.494 e. The average Bonchev–Trinajstić information content (AvgIpc) is 2.88. The summed E-state index contributed by atoms with van der Waals surface area (Å²) in [6.07, 6.45) is 0. The van der Waals surface area contributed by atoms with Crippen LogP contribution in [0, 0.1) is 0 Å². The number of nitrogens with one attached hydrogen (secondary N) is 1. The fraction of sp³-hybridized carbons (Fsp3) is 0.409. The van der Waals surface area contributed by atoms with Crippen LogP contribution >= 0.6 is 0 Å². The lowest BCUT2D eigenvalue weighted by atomic mass is 9.78. The minimum atomic E-state index is -0.527. The van der Waals surface area contributed by atoms with Crippen LogP contribution in [-0.2, 0) is 15.9 Å². The van der Waals surface area contributed by atoms with E-state index in [1.54, 1.807) is 6.07 Å². The van der Waals surface area contributed by atoms with Crippen molar-refractivity contribution in [3.8, 4) is 5.75 Å². The highest BCUT2D eigenvalue weighted by molar-refractivity contribution is 6.62. The van der Waals surface area contributed by atoms with Gasteiger partial charge in [-0.25, -0.2) is 0 Å². The Morgan fingerprint density at radius 2 is 1.68 bits per heavy atom. The highest BCUT2D eigenvalue weighted by Crippen LogP contribution is 2.36. The first-order valence-electron chi connectivity index (χ1n) is 9.68. The zero-order chi connectivity index (χ0) is 20.4. The van der Waals surface area contributed by atoms with E-state index >= 15 is 0 Å². The molecule has 1 fully saturated rings. The number of benzene rings is 2. The molecule has 5 nitrogen and oxygen atoms in total. The summed E-state index contributed by atoms with van der Waals surface area (Å²) < 4.78 is 18.2. The quantitative estimate of drug-likeness (QED) is 0.780. The van der Waals surface area contributed by atoms with Gasteiger partial charge in [-0.1, -0.05) is 36.4 Å². The number of hydrogen-bond donors (Lipinski definition) is 1. The van der Waals surface area contributed by atoms with Crippen LogP contribution < -0.4 is 15.5 Å². The second kappa shape index (κ2) is 7.98. The molecule has 2 aromatic carbocycles. The molecule has 3 rings (SSSR count). The molecule has 148 valence electrons. The minimum Gasteiger partial charge on any atom is -0.488 e. The molecule has 2 aromatic rings. The maximum atomic E-state index is 12.6. The van der Waals surface area contributed by atoms with Crippen molar-refractivity contribution in [3.05, 3.63) is 59.7 Å². The van der Waals surface area contributed by atoms with Crippen molar-refractivity contribution >= 4 is 18.5 Å². The van der Waals surface area contributed by atoms with E-state index in [1.807, 2.05) is 77.1 Å². The Kier molecular flexibility index (Phi) is 5.82. The maximum Gasteiger partial charge on any atom is 0.494 e. The van der Waals surface area contributed by atoms with Crippen LogP contribution in [0.4, 0.5) is 0 Å². The predicted octanol–water partition coefficient (Wildman–Crippen LogP) is 3.31. The van der Waals surface area contributed by atoms with Crippen molar-refractivity contribution in [1.82, 2.24) is 5.32 Å². The lowest BCUT2D eigenvalue weighted by molar-refractivity contribution is 0.00578. The average molecular weight is 381 g/mol. The van der Waals surface area contributed by atoms with E-state index in [9.17, 15) is 4.79 Å². The Morgan fingerprint density at radius 3 is 2.29 bits per heavy atom. The fourth-order valence-electron chi connectivity index (χ4n) is 2.97. The monoisotopic (exact) mass is 381 g/mol. The summed E-state index contributed by atoms with van der Waals surface area (Å²) in [4.78, 5) is 12.6. The molecule has 6 heteroatoms. The summed E-state index contributed by atoms with van der Waals surface area (Å²) in [5, 5.41) is 2.85. The van der Waals surface area contributed by atoms with Gasteiger partial charge in [-0.3, -0.25) is 4.79 Å². The van der Waals surface area contributed by atoms with Crippen LogP contribution in [-0.4, -0.2) is 30.8 Å². The molecule has 1 amide bonds. The van der Waals surface area contributed by atoms with Gasteiger partial charge >= 0.3 is 7.12 Å². The summed E-state index contributed by atoms with van der Waals surface area (Å²) >= 11 is 0. The third kappa shape index (κ3) is 4.23. The Bertz CT molecular complexity index is 820. The number of ether oxygens (including phenoxy) is 1. The number of hydrogen-bond acceptors (Lipinski definition) is 4. The van der Waals surface area contributed by atoms with Gasteiger partial charge in [0.2, 0.25) is 0 Å². The van der Waals surface area contributed by atoms with Gasteiger partial charge < -0.3 is 19.4 Å². The Morgan fingerprint density at radius 1 is 1.04 bits per heavy atom. The van der Waals surface area contributed by atoms with E-state index in [0.717, 1.165) is 11.0 Å². The van der Waals surface area contributed by atoms with E-state index in [2.05, 4.69) is 5.32 Å². The normalized spacial score (nSPS) is 17.4. The molecule has 0 unspecified atom stereocenters. The van der Waals surface area contributed by atoms with Crippen LogP contribution in [0.5, 0.6) is 5.75 Å². The van der Waals surface area contributed by atoms with Crippen LogP contribution in [0.2, 0.25) is 0 Å². The Labute approximate surface area is 167 Å². The summed E-state index contributed by atoms with van der Waals surface area (Å²) in [5.74, 6) is 0.360. The van der Waals surface area contributed by atoms with Gasteiger partial charge in [0.1, 0.15) is 12.4 Å². The molecule has 1 aliphatic rings. The summed E-state index contributed by atoms with van der Waals surface area (Å²) in [6, 6.07) is 15.4. The van der Waals surface area contributed by atoms with Crippen molar-refractivity contribution in [2.45, 2.75) is 52.4 Å². The fourth-order valence-corrected chi connectivity index (χ4v) is 2.97. The van der Waals surface area contributed by atoms with Gasteiger partial charge in [-0.2, -0.15) is 0 Å². The zero-order valence-electron chi connectivity index (χ0n) is 17.2. The van der Waals surface area contributed by atoms with Crippen molar-refractivity contribution in [3.63, 3.8) is 0 Å². The molecule has 0 radical (unpaired) electrons. The van der Waals surface area contributed by atoms with Crippen molar-refractivity contribution in [2.24, 2.45) is 0 Å². The molecule has 0 aromatic heterocycles. The smallest absolute Gasteiger partial charge is 0.488 e. The highest BCUT2D eigenvalue weighted by Gasteiger charge is 2.51. The molecule has 0 bridgehead atoms. The maximum absolute atomic E-state index is 12.6. The van der Waals surface area contributed by atoms with Gasteiger partial charge in [0, 0.05) is 6.54 Å². The highest BCUT2D eigenvalue weighted by atomic mass is 16.7. The van der Waals surface area contributed by atoms with Gasteiger partial charge in [0.05, 0.1) is 16.8 Å². The van der Waals surface area contributed by atoms with E-state index in [4.69, 9.17) is 14.0 Å². The molecule has 28 heavy (non-hydrogen) atoms. The molecular weight excluding hydrogens is 353 g/mol. The lowest BCUT2D eigenvalue weighted by Crippen LogP contribution is -2.41. The van der Waals surface area contributed by atoms with Crippen molar-refractivity contribution < 1.29 is 18.8 Å². The molecule has 0 atom stereocenters. The number of carbonyl (C=O) groups is 1. The third-order valence-corrected chi connectivity index (χ3v) is 5.35. The molecule has 1 saturated heterocycles. The van der Waals surface area contributed by atoms with Crippen LogP contribution in [0.1, 0.15) is 50.5 Å². The van der Waals surface area contributed by atoms with Gasteiger partial charge in [0.25, 0.3) is 5.91 Å². The molecule has 0 spiro atoms. The summed E-state index contributed by atoms with van der Waals surface area (Å²) in [7, 11) is -0.527. The Balaban J connectivity index is 1.86. The molecule has 0 aliphatic carbocycles. The number of rotatable bonds is 6. The van der Waals surface area contributed by atoms with E-state index in [1.165, 1.54) is 0 Å². The van der Waals surface area contributed by atoms with Crippen molar-refractivity contribution in [2.75, 3.05) is 6.54 Å². The first kappa shape index (κ1) is 20.4. The first-order chi connectivity index (χ1) is 13.2. The van der Waals surface area contributed by atoms with Crippen LogP contribution in [0.15, 0.2) is 48.5 Å². The number of carbonyl (C=O) groups excluding carboxylic acids is 1. The second-order valence-electron chi connectivity index (χ2n) is 7.98. The Hall–Kier alpha value is -2.31. The number of amides is 1. The topological polar surface area (TPSA) is 56.8 Å². The second-order valence-corrected chi connectivity index (χ2v) is 7.98. The molecule has 0 saturated carbocycles. The standard InChI is InChI=1S/C22H28BNO4/c1-6-24-20(25)18-14-17(23-27-21(2,3)22(4,5)28-23)12-13-19(18)26-15-16-10-8-7-9-11-16/h7-14H,6,15H2,1-5H3,(H,24,25). The van der Waals surface area contributed by atoms with Gasteiger partial charge in [0.15, 0.2) is 0 Å². The van der Waals surface area contributed by atoms with E-state index < -0.39 is 18.3 Å².